The minimum absolute atomic E-state index is 0.133. The largest absolute Gasteiger partial charge is 0.467 e. The minimum Gasteiger partial charge on any atom is -0.467 e. The van der Waals surface area contributed by atoms with E-state index in [1.807, 2.05) is 24.3 Å². The van der Waals surface area contributed by atoms with Gasteiger partial charge in [0.1, 0.15) is 11.6 Å². The molecule has 0 radical (unpaired) electrons. The molecular formula is C16H22N6O2. The van der Waals surface area contributed by atoms with Crippen LogP contribution in [0.1, 0.15) is 18.7 Å². The average Bonchev–Trinajstić information content (AvgIpc) is 3.00. The van der Waals surface area contributed by atoms with E-state index in [0.29, 0.717) is 11.7 Å². The molecule has 1 N–H and O–H groups in total. The number of anilines is 1. The highest BCUT2D eigenvalue weighted by Crippen LogP contribution is 2.21. The summed E-state index contributed by atoms with van der Waals surface area (Å²) >= 11 is 0. The summed E-state index contributed by atoms with van der Waals surface area (Å²) in [6.45, 7) is 1.48. The lowest BCUT2D eigenvalue weighted by molar-refractivity contribution is 0.181. The number of rotatable bonds is 4. The molecular weight excluding hydrogens is 308 g/mol. The van der Waals surface area contributed by atoms with Crippen LogP contribution in [0.5, 0.6) is 6.01 Å². The summed E-state index contributed by atoms with van der Waals surface area (Å²) in [5.41, 5.74) is 0. The van der Waals surface area contributed by atoms with E-state index < -0.39 is 0 Å². The van der Waals surface area contributed by atoms with E-state index >= 15 is 0 Å². The molecule has 0 atom stereocenters. The summed E-state index contributed by atoms with van der Waals surface area (Å²) in [6.07, 6.45) is 8.27. The molecule has 0 aliphatic carbocycles. The summed E-state index contributed by atoms with van der Waals surface area (Å²) in [5.74, 6) is 2.11. The number of hydrogen-bond acceptors (Lipinski definition) is 5. The predicted molar refractivity (Wildman–Crippen MR) is 88.8 cm³/mol. The predicted octanol–water partition coefficient (Wildman–Crippen LogP) is 1.71. The number of methoxy groups -OCH3 is 1. The molecule has 2 aromatic heterocycles. The minimum atomic E-state index is -0.133. The normalized spacial score (nSPS) is 15.3. The molecule has 0 unspecified atom stereocenters. The molecule has 1 aliphatic rings. The zero-order valence-electron chi connectivity index (χ0n) is 14.0. The zero-order valence-corrected chi connectivity index (χ0v) is 14.0. The lowest BCUT2D eigenvalue weighted by Gasteiger charge is -2.31. The highest BCUT2D eigenvalue weighted by Gasteiger charge is 2.24. The quantitative estimate of drug-likeness (QED) is 0.922. The van der Waals surface area contributed by atoms with Crippen LogP contribution in [0.15, 0.2) is 24.7 Å². The Bertz CT molecular complexity index is 693. The molecule has 0 spiro atoms. The lowest BCUT2D eigenvalue weighted by Crippen LogP contribution is -2.41. The first kappa shape index (κ1) is 16.2. The van der Waals surface area contributed by atoms with Gasteiger partial charge in [-0.05, 0) is 24.8 Å². The molecule has 0 aromatic carbocycles. The first-order valence-corrected chi connectivity index (χ1v) is 8.05. The van der Waals surface area contributed by atoms with Gasteiger partial charge in [-0.3, -0.25) is 5.32 Å². The van der Waals surface area contributed by atoms with Gasteiger partial charge in [-0.1, -0.05) is 0 Å². The molecule has 0 bridgehead atoms. The van der Waals surface area contributed by atoms with Crippen molar-refractivity contribution in [2.75, 3.05) is 25.5 Å². The van der Waals surface area contributed by atoms with Crippen molar-refractivity contribution in [1.82, 2.24) is 24.4 Å². The molecule has 1 saturated heterocycles. The third kappa shape index (κ3) is 3.81. The van der Waals surface area contributed by atoms with Crippen LogP contribution < -0.4 is 10.1 Å². The van der Waals surface area contributed by atoms with Crippen LogP contribution in [-0.4, -0.2) is 50.6 Å². The van der Waals surface area contributed by atoms with Crippen molar-refractivity contribution in [2.24, 2.45) is 13.0 Å². The number of urea groups is 1. The molecule has 128 valence electrons. The topological polar surface area (TPSA) is 85.2 Å². The van der Waals surface area contributed by atoms with Crippen LogP contribution in [0, 0.1) is 5.92 Å². The van der Waals surface area contributed by atoms with E-state index in [1.165, 1.54) is 7.11 Å². The van der Waals surface area contributed by atoms with E-state index in [2.05, 4.69) is 24.8 Å². The Morgan fingerprint density at radius 3 is 2.79 bits per heavy atom. The Balaban J connectivity index is 1.50. The number of imidazole rings is 1. The van der Waals surface area contributed by atoms with Crippen LogP contribution in [0.25, 0.3) is 0 Å². The summed E-state index contributed by atoms with van der Waals surface area (Å²) < 4.78 is 7.02. The van der Waals surface area contributed by atoms with Gasteiger partial charge in [0.2, 0.25) is 0 Å². The van der Waals surface area contributed by atoms with Crippen LogP contribution >= 0.6 is 0 Å². The van der Waals surface area contributed by atoms with E-state index in [9.17, 15) is 4.79 Å². The number of likely N-dealkylation sites (tertiary alicyclic amines) is 1. The van der Waals surface area contributed by atoms with Gasteiger partial charge >= 0.3 is 12.0 Å². The summed E-state index contributed by atoms with van der Waals surface area (Å²) in [6, 6.07) is 1.75. The number of aromatic nitrogens is 4. The van der Waals surface area contributed by atoms with Gasteiger partial charge in [0, 0.05) is 45.1 Å². The molecule has 3 rings (SSSR count). The van der Waals surface area contributed by atoms with Gasteiger partial charge < -0.3 is 14.2 Å². The van der Waals surface area contributed by atoms with Gasteiger partial charge in [0.05, 0.1) is 7.11 Å². The van der Waals surface area contributed by atoms with Crippen molar-refractivity contribution >= 4 is 11.8 Å². The molecule has 1 fully saturated rings. The highest BCUT2D eigenvalue weighted by atomic mass is 16.5. The number of carbonyl (C=O) groups is 1. The molecule has 8 heteroatoms. The fraction of sp³-hybridized carbons (Fsp3) is 0.500. The summed E-state index contributed by atoms with van der Waals surface area (Å²) in [7, 11) is 3.51. The number of aryl methyl sites for hydroxylation is 1. The summed E-state index contributed by atoms with van der Waals surface area (Å²) in [4.78, 5) is 26.6. The monoisotopic (exact) mass is 330 g/mol. The van der Waals surface area contributed by atoms with Gasteiger partial charge in [-0.15, -0.1) is 0 Å². The van der Waals surface area contributed by atoms with Crippen molar-refractivity contribution in [3.05, 3.63) is 30.5 Å². The second-order valence-corrected chi connectivity index (χ2v) is 5.95. The number of nitrogens with zero attached hydrogens (tertiary/aromatic N) is 5. The summed E-state index contributed by atoms with van der Waals surface area (Å²) in [5, 5.41) is 2.80. The SMILES string of the molecule is COc1nccc(NC(=O)N2CCC(Cc3nccn3C)CC2)n1. The first-order valence-electron chi connectivity index (χ1n) is 8.05. The van der Waals surface area contributed by atoms with Crippen molar-refractivity contribution in [3.63, 3.8) is 0 Å². The fourth-order valence-corrected chi connectivity index (χ4v) is 2.89. The maximum Gasteiger partial charge on any atom is 0.323 e. The van der Waals surface area contributed by atoms with Crippen molar-refractivity contribution < 1.29 is 9.53 Å². The van der Waals surface area contributed by atoms with E-state index in [1.54, 1.807) is 12.3 Å². The third-order valence-corrected chi connectivity index (χ3v) is 4.35. The van der Waals surface area contributed by atoms with Crippen molar-refractivity contribution in [2.45, 2.75) is 19.3 Å². The van der Waals surface area contributed by atoms with Crippen molar-refractivity contribution in [1.29, 1.82) is 0 Å². The van der Waals surface area contributed by atoms with Gasteiger partial charge in [-0.25, -0.2) is 14.8 Å². The van der Waals surface area contributed by atoms with Gasteiger partial charge in [0.25, 0.3) is 0 Å². The first-order chi connectivity index (χ1) is 11.7. The number of amides is 2. The Hall–Kier alpha value is -2.64. The van der Waals surface area contributed by atoms with E-state index in [0.717, 1.165) is 38.2 Å². The number of piperidine rings is 1. The molecule has 3 heterocycles. The van der Waals surface area contributed by atoms with Crippen LogP contribution in [0.4, 0.5) is 10.6 Å². The average molecular weight is 330 g/mol. The maximum atomic E-state index is 12.3. The Kier molecular flexibility index (Phi) is 4.93. The second-order valence-electron chi connectivity index (χ2n) is 5.95. The number of nitrogens with one attached hydrogen (secondary N) is 1. The third-order valence-electron chi connectivity index (χ3n) is 4.35. The molecule has 24 heavy (non-hydrogen) atoms. The van der Waals surface area contributed by atoms with Gasteiger partial charge in [0.15, 0.2) is 0 Å². The van der Waals surface area contributed by atoms with Gasteiger partial charge in [-0.2, -0.15) is 4.98 Å². The standard InChI is InChI=1S/C16H22N6O2/c1-21-10-7-17-14(21)11-12-4-8-22(9-5-12)16(23)20-13-3-6-18-15(19-13)24-2/h3,6-7,10,12H,4-5,8-9,11H2,1-2H3,(H,18,19,20,23). The van der Waals surface area contributed by atoms with Crippen LogP contribution in [-0.2, 0) is 13.5 Å². The fourth-order valence-electron chi connectivity index (χ4n) is 2.89. The van der Waals surface area contributed by atoms with E-state index in [-0.39, 0.29) is 12.0 Å². The number of hydrogen-bond donors (Lipinski definition) is 1. The number of ether oxygens (including phenoxy) is 1. The molecule has 2 amide bonds. The maximum absolute atomic E-state index is 12.3. The second kappa shape index (κ2) is 7.29. The zero-order chi connectivity index (χ0) is 16.9. The number of carbonyl (C=O) groups excluding carboxylic acids is 1. The highest BCUT2D eigenvalue weighted by molar-refractivity contribution is 5.88. The smallest absolute Gasteiger partial charge is 0.323 e. The molecule has 0 saturated carbocycles. The Morgan fingerprint density at radius 2 is 2.12 bits per heavy atom. The van der Waals surface area contributed by atoms with Crippen LogP contribution in [0.3, 0.4) is 0 Å². The van der Waals surface area contributed by atoms with Crippen LogP contribution in [0.2, 0.25) is 0 Å². The molecule has 8 nitrogen and oxygen atoms in total. The molecule has 1 aliphatic heterocycles. The Labute approximate surface area is 140 Å². The lowest BCUT2D eigenvalue weighted by atomic mass is 9.93. The Morgan fingerprint density at radius 1 is 1.33 bits per heavy atom. The van der Waals surface area contributed by atoms with Crippen molar-refractivity contribution in [3.8, 4) is 6.01 Å². The van der Waals surface area contributed by atoms with E-state index in [4.69, 9.17) is 4.74 Å². The molecule has 2 aromatic rings.